The van der Waals surface area contributed by atoms with E-state index in [-0.39, 0.29) is 0 Å². The lowest BCUT2D eigenvalue weighted by molar-refractivity contribution is 1.10. The molecule has 1 aromatic heterocycles. The van der Waals surface area contributed by atoms with Crippen molar-refractivity contribution in [2.45, 2.75) is 6.92 Å². The summed E-state index contributed by atoms with van der Waals surface area (Å²) in [7, 11) is 0. The highest BCUT2D eigenvalue weighted by atomic mass is 15.1. The molecule has 0 unspecified atom stereocenters. The first-order valence-electron chi connectivity index (χ1n) is 6.00. The minimum Gasteiger partial charge on any atom is -0.285 e. The number of nitrogens with zero attached hydrogens (tertiary/aromatic N) is 1. The first kappa shape index (κ1) is 10.8. The quantitative estimate of drug-likeness (QED) is 0.712. The number of hydrogen-bond donors (Lipinski definition) is 1. The molecule has 0 saturated carbocycles. The van der Waals surface area contributed by atoms with Crippen LogP contribution in [0.15, 0.2) is 60.8 Å². The molecule has 2 heteroatoms. The lowest BCUT2D eigenvalue weighted by atomic mass is 10.0. The van der Waals surface area contributed by atoms with Crippen LogP contribution >= 0.6 is 0 Å². The molecule has 0 aliphatic heterocycles. The van der Waals surface area contributed by atoms with Crippen LogP contribution in [0.3, 0.4) is 0 Å². The maximum absolute atomic E-state index is 4.18. The van der Waals surface area contributed by atoms with E-state index in [1.165, 1.54) is 16.7 Å². The summed E-state index contributed by atoms with van der Waals surface area (Å²) in [6.45, 7) is 2.10. The van der Waals surface area contributed by atoms with Gasteiger partial charge in [-0.2, -0.15) is 5.10 Å². The molecule has 2 aromatic carbocycles. The molecule has 0 aliphatic rings. The van der Waals surface area contributed by atoms with Gasteiger partial charge in [0.15, 0.2) is 0 Å². The maximum atomic E-state index is 4.18. The highest BCUT2D eigenvalue weighted by Gasteiger charge is 2.01. The Morgan fingerprint density at radius 1 is 0.722 bits per heavy atom. The van der Waals surface area contributed by atoms with E-state index in [2.05, 4.69) is 65.7 Å². The van der Waals surface area contributed by atoms with Gasteiger partial charge in [-0.05, 0) is 24.1 Å². The second-order valence-corrected chi connectivity index (χ2v) is 4.40. The topological polar surface area (TPSA) is 28.7 Å². The van der Waals surface area contributed by atoms with Gasteiger partial charge in [-0.1, -0.05) is 54.1 Å². The lowest BCUT2D eigenvalue weighted by Crippen LogP contribution is -1.81. The summed E-state index contributed by atoms with van der Waals surface area (Å²) in [6.07, 6.45) is 1.84. The van der Waals surface area contributed by atoms with Crippen molar-refractivity contribution in [3.8, 4) is 22.4 Å². The molecule has 0 fully saturated rings. The molecule has 88 valence electrons. The van der Waals surface area contributed by atoms with Crippen LogP contribution in [0.4, 0.5) is 0 Å². The van der Waals surface area contributed by atoms with Gasteiger partial charge in [0.2, 0.25) is 0 Å². The Morgan fingerprint density at radius 2 is 1.28 bits per heavy atom. The van der Waals surface area contributed by atoms with Gasteiger partial charge in [0, 0.05) is 11.8 Å². The summed E-state index contributed by atoms with van der Waals surface area (Å²) in [5, 5.41) is 7.01. The molecule has 3 aromatic rings. The molecule has 0 saturated heterocycles. The van der Waals surface area contributed by atoms with Crippen LogP contribution in [0.2, 0.25) is 0 Å². The maximum Gasteiger partial charge on any atom is 0.0920 e. The molecule has 0 bridgehead atoms. The van der Waals surface area contributed by atoms with Crippen LogP contribution in [0.1, 0.15) is 5.56 Å². The van der Waals surface area contributed by atoms with E-state index >= 15 is 0 Å². The van der Waals surface area contributed by atoms with E-state index in [1.807, 2.05) is 12.3 Å². The third-order valence-electron chi connectivity index (χ3n) is 3.07. The number of benzene rings is 2. The van der Waals surface area contributed by atoms with Crippen LogP contribution in [0, 0.1) is 6.92 Å². The molecular weight excluding hydrogens is 220 g/mol. The van der Waals surface area contributed by atoms with Crippen molar-refractivity contribution >= 4 is 0 Å². The zero-order chi connectivity index (χ0) is 12.4. The number of H-pyrrole nitrogens is 1. The van der Waals surface area contributed by atoms with Crippen molar-refractivity contribution in [2.75, 3.05) is 0 Å². The Hall–Kier alpha value is -2.35. The summed E-state index contributed by atoms with van der Waals surface area (Å²) >= 11 is 0. The smallest absolute Gasteiger partial charge is 0.0920 e. The Balaban J connectivity index is 1.94. The summed E-state index contributed by atoms with van der Waals surface area (Å²) < 4.78 is 0. The lowest BCUT2D eigenvalue weighted by Gasteiger charge is -2.03. The van der Waals surface area contributed by atoms with E-state index in [0.29, 0.717) is 0 Å². The first-order chi connectivity index (χ1) is 8.83. The van der Waals surface area contributed by atoms with Gasteiger partial charge in [-0.25, -0.2) is 0 Å². The van der Waals surface area contributed by atoms with Crippen molar-refractivity contribution in [3.63, 3.8) is 0 Å². The van der Waals surface area contributed by atoms with E-state index in [4.69, 9.17) is 0 Å². The minimum atomic E-state index is 0.977. The number of nitrogens with one attached hydrogen (secondary N) is 1. The summed E-state index contributed by atoms with van der Waals surface area (Å²) in [5.41, 5.74) is 5.87. The predicted molar refractivity (Wildman–Crippen MR) is 74.2 cm³/mol. The fourth-order valence-corrected chi connectivity index (χ4v) is 2.00. The Kier molecular flexibility index (Phi) is 2.69. The molecule has 0 amide bonds. The molecule has 3 rings (SSSR count). The van der Waals surface area contributed by atoms with Crippen LogP contribution in [0.5, 0.6) is 0 Å². The van der Waals surface area contributed by atoms with E-state index in [9.17, 15) is 0 Å². The third kappa shape index (κ3) is 2.05. The van der Waals surface area contributed by atoms with Gasteiger partial charge in [-0.3, -0.25) is 5.10 Å². The minimum absolute atomic E-state index is 0.977. The van der Waals surface area contributed by atoms with Crippen LogP contribution in [0.25, 0.3) is 22.4 Å². The summed E-state index contributed by atoms with van der Waals surface area (Å²) in [4.78, 5) is 0. The molecule has 0 radical (unpaired) electrons. The SMILES string of the molecule is Cc1ccc(-c2ccc(-c3cc[nH]n3)cc2)cc1. The molecule has 1 heterocycles. The first-order valence-corrected chi connectivity index (χ1v) is 6.00. The number of rotatable bonds is 2. The van der Waals surface area contributed by atoms with E-state index in [1.54, 1.807) is 0 Å². The highest BCUT2D eigenvalue weighted by Crippen LogP contribution is 2.23. The van der Waals surface area contributed by atoms with Crippen molar-refractivity contribution in [1.82, 2.24) is 10.2 Å². The summed E-state index contributed by atoms with van der Waals surface area (Å²) in [5.74, 6) is 0. The molecule has 0 atom stereocenters. The molecule has 1 N–H and O–H groups in total. The Bertz CT molecular complexity index is 620. The van der Waals surface area contributed by atoms with Gasteiger partial charge in [-0.15, -0.1) is 0 Å². The second kappa shape index (κ2) is 4.49. The van der Waals surface area contributed by atoms with Crippen molar-refractivity contribution < 1.29 is 0 Å². The van der Waals surface area contributed by atoms with Gasteiger partial charge in [0.25, 0.3) is 0 Å². The van der Waals surface area contributed by atoms with Crippen molar-refractivity contribution in [3.05, 3.63) is 66.4 Å². The fraction of sp³-hybridized carbons (Fsp3) is 0.0625. The third-order valence-corrected chi connectivity index (χ3v) is 3.07. The van der Waals surface area contributed by atoms with E-state index in [0.717, 1.165) is 11.3 Å². The average Bonchev–Trinajstić information content (AvgIpc) is 2.94. The number of hydrogen-bond acceptors (Lipinski definition) is 1. The zero-order valence-electron chi connectivity index (χ0n) is 10.2. The van der Waals surface area contributed by atoms with Gasteiger partial charge < -0.3 is 0 Å². The predicted octanol–water partition coefficient (Wildman–Crippen LogP) is 4.05. The highest BCUT2D eigenvalue weighted by molar-refractivity contribution is 5.68. The van der Waals surface area contributed by atoms with Crippen molar-refractivity contribution in [1.29, 1.82) is 0 Å². The van der Waals surface area contributed by atoms with Gasteiger partial charge >= 0.3 is 0 Å². The number of aryl methyl sites for hydroxylation is 1. The van der Waals surface area contributed by atoms with Gasteiger partial charge in [0.1, 0.15) is 0 Å². The standard InChI is InChI=1S/C16H14N2/c1-12-2-4-13(5-3-12)14-6-8-15(9-7-14)16-10-11-17-18-16/h2-11H,1H3,(H,17,18). The molecule has 0 spiro atoms. The number of aromatic amines is 1. The zero-order valence-corrected chi connectivity index (χ0v) is 10.2. The molecule has 2 nitrogen and oxygen atoms in total. The van der Waals surface area contributed by atoms with Crippen LogP contribution in [-0.2, 0) is 0 Å². The normalized spacial score (nSPS) is 10.5. The second-order valence-electron chi connectivity index (χ2n) is 4.40. The van der Waals surface area contributed by atoms with Crippen LogP contribution in [-0.4, -0.2) is 10.2 Å². The molecule has 0 aliphatic carbocycles. The molecule has 18 heavy (non-hydrogen) atoms. The van der Waals surface area contributed by atoms with Crippen LogP contribution < -0.4 is 0 Å². The molecular formula is C16H14N2. The largest absolute Gasteiger partial charge is 0.285 e. The van der Waals surface area contributed by atoms with Crippen molar-refractivity contribution in [2.24, 2.45) is 0 Å². The Morgan fingerprint density at radius 3 is 1.83 bits per heavy atom. The van der Waals surface area contributed by atoms with E-state index < -0.39 is 0 Å². The monoisotopic (exact) mass is 234 g/mol. The Labute approximate surface area is 106 Å². The number of aromatic nitrogens is 2. The van der Waals surface area contributed by atoms with Gasteiger partial charge in [0.05, 0.1) is 5.69 Å². The average molecular weight is 234 g/mol. The fourth-order valence-electron chi connectivity index (χ4n) is 2.00. The summed E-state index contributed by atoms with van der Waals surface area (Å²) in [6, 6.07) is 19.0.